The van der Waals surface area contributed by atoms with Crippen molar-refractivity contribution in [2.24, 2.45) is 0 Å². The molecular formula is C21H24N6O5. The Balaban J connectivity index is 1.72. The lowest BCUT2D eigenvalue weighted by Gasteiger charge is -2.35. The number of nitrogens with one attached hydrogen (secondary N) is 3. The number of nitro groups is 1. The lowest BCUT2D eigenvalue weighted by atomic mass is 10.1. The summed E-state index contributed by atoms with van der Waals surface area (Å²) >= 11 is 0. The molecule has 1 saturated heterocycles. The van der Waals surface area contributed by atoms with Gasteiger partial charge in [-0.25, -0.2) is 4.79 Å². The third kappa shape index (κ3) is 5.31. The van der Waals surface area contributed by atoms with Crippen molar-refractivity contribution < 1.29 is 19.3 Å². The van der Waals surface area contributed by atoms with Crippen LogP contribution in [-0.4, -0.2) is 60.9 Å². The number of hydrogen-bond donors (Lipinski definition) is 3. The predicted octanol–water partition coefficient (Wildman–Crippen LogP) is 2.27. The number of hydrogen-bond acceptors (Lipinski definition) is 6. The lowest BCUT2D eigenvalue weighted by molar-refractivity contribution is -0.384. The standard InChI is InChI=1S/C21H24N6O5/c1-14(28)25-9-11-26(12-10-25)18-8-3-15(13-19(18)27(31)32)20(29)23-16-4-6-17(7-5-16)24-21(30)22-2/h3-8,13H,9-12H2,1-2H3,(H,23,29)(H2,22,24,30). The minimum Gasteiger partial charge on any atom is -0.362 e. The molecule has 11 nitrogen and oxygen atoms in total. The van der Waals surface area contributed by atoms with Crippen LogP contribution in [0.4, 0.5) is 27.5 Å². The van der Waals surface area contributed by atoms with E-state index < -0.39 is 10.8 Å². The second-order valence-corrected chi connectivity index (χ2v) is 7.19. The van der Waals surface area contributed by atoms with Crippen molar-refractivity contribution in [3.8, 4) is 0 Å². The van der Waals surface area contributed by atoms with Crippen LogP contribution >= 0.6 is 0 Å². The average molecular weight is 440 g/mol. The minimum absolute atomic E-state index is 0.0244. The molecule has 3 N–H and O–H groups in total. The van der Waals surface area contributed by atoms with E-state index in [1.165, 1.54) is 26.1 Å². The highest BCUT2D eigenvalue weighted by atomic mass is 16.6. The summed E-state index contributed by atoms with van der Waals surface area (Å²) in [5.41, 5.74) is 1.42. The molecular weight excluding hydrogens is 416 g/mol. The molecule has 0 saturated carbocycles. The lowest BCUT2D eigenvalue weighted by Crippen LogP contribution is -2.48. The Hall–Kier alpha value is -4.15. The second kappa shape index (κ2) is 9.77. The summed E-state index contributed by atoms with van der Waals surface area (Å²) in [7, 11) is 1.50. The van der Waals surface area contributed by atoms with E-state index in [-0.39, 0.29) is 23.2 Å². The molecule has 0 aromatic heterocycles. The maximum absolute atomic E-state index is 12.6. The van der Waals surface area contributed by atoms with Crippen LogP contribution in [0.2, 0.25) is 0 Å². The first kappa shape index (κ1) is 22.5. The van der Waals surface area contributed by atoms with Crippen LogP contribution in [-0.2, 0) is 4.79 Å². The van der Waals surface area contributed by atoms with Crippen LogP contribution < -0.4 is 20.9 Å². The van der Waals surface area contributed by atoms with Crippen molar-refractivity contribution >= 4 is 40.6 Å². The zero-order chi connectivity index (χ0) is 23.3. The normalized spacial score (nSPS) is 13.3. The van der Waals surface area contributed by atoms with Crippen LogP contribution in [0.5, 0.6) is 0 Å². The Morgan fingerprint density at radius 2 is 1.53 bits per heavy atom. The van der Waals surface area contributed by atoms with Crippen molar-refractivity contribution in [1.82, 2.24) is 10.2 Å². The number of piperazine rings is 1. The first-order chi connectivity index (χ1) is 15.3. The average Bonchev–Trinajstić information content (AvgIpc) is 2.79. The predicted molar refractivity (Wildman–Crippen MR) is 120 cm³/mol. The van der Waals surface area contributed by atoms with Crippen molar-refractivity contribution in [3.05, 3.63) is 58.1 Å². The van der Waals surface area contributed by atoms with Crippen molar-refractivity contribution in [2.75, 3.05) is 48.8 Å². The summed E-state index contributed by atoms with van der Waals surface area (Å²) in [5, 5.41) is 19.4. The van der Waals surface area contributed by atoms with Gasteiger partial charge in [-0.15, -0.1) is 0 Å². The molecule has 32 heavy (non-hydrogen) atoms. The molecule has 0 bridgehead atoms. The van der Waals surface area contributed by atoms with E-state index in [0.717, 1.165) is 0 Å². The summed E-state index contributed by atoms with van der Waals surface area (Å²) in [6, 6.07) is 10.5. The molecule has 0 radical (unpaired) electrons. The zero-order valence-corrected chi connectivity index (χ0v) is 17.8. The molecule has 0 spiro atoms. The highest BCUT2D eigenvalue weighted by Gasteiger charge is 2.26. The third-order valence-electron chi connectivity index (χ3n) is 5.13. The third-order valence-corrected chi connectivity index (χ3v) is 5.13. The Morgan fingerprint density at radius 3 is 2.06 bits per heavy atom. The smallest absolute Gasteiger partial charge is 0.318 e. The Labute approximate surface area is 184 Å². The van der Waals surface area contributed by atoms with Gasteiger partial charge in [-0.2, -0.15) is 0 Å². The molecule has 3 rings (SSSR count). The SMILES string of the molecule is CNC(=O)Nc1ccc(NC(=O)c2ccc(N3CCN(C(C)=O)CC3)c([N+](=O)[O-])c2)cc1. The molecule has 1 fully saturated rings. The van der Waals surface area contributed by atoms with Gasteiger partial charge in [0, 0.05) is 63.2 Å². The van der Waals surface area contributed by atoms with E-state index in [2.05, 4.69) is 16.0 Å². The van der Waals surface area contributed by atoms with E-state index in [4.69, 9.17) is 0 Å². The first-order valence-electron chi connectivity index (χ1n) is 9.97. The Bertz CT molecular complexity index is 1030. The van der Waals surface area contributed by atoms with Gasteiger partial charge in [0.05, 0.1) is 4.92 Å². The molecule has 1 aliphatic heterocycles. The summed E-state index contributed by atoms with van der Waals surface area (Å²) in [5.74, 6) is -0.517. The molecule has 168 valence electrons. The van der Waals surface area contributed by atoms with Crippen molar-refractivity contribution in [1.29, 1.82) is 0 Å². The van der Waals surface area contributed by atoms with Crippen molar-refractivity contribution in [2.45, 2.75) is 6.92 Å². The van der Waals surface area contributed by atoms with Crippen LogP contribution in [0.15, 0.2) is 42.5 Å². The molecule has 0 unspecified atom stereocenters. The van der Waals surface area contributed by atoms with Gasteiger partial charge in [0.1, 0.15) is 5.69 Å². The molecule has 2 aromatic rings. The number of anilines is 3. The highest BCUT2D eigenvalue weighted by molar-refractivity contribution is 6.05. The monoisotopic (exact) mass is 440 g/mol. The summed E-state index contributed by atoms with van der Waals surface area (Å²) < 4.78 is 0. The van der Waals surface area contributed by atoms with Crippen molar-refractivity contribution in [3.63, 3.8) is 0 Å². The highest BCUT2D eigenvalue weighted by Crippen LogP contribution is 2.30. The fourth-order valence-electron chi connectivity index (χ4n) is 3.37. The van der Waals surface area contributed by atoms with Gasteiger partial charge < -0.3 is 25.8 Å². The zero-order valence-electron chi connectivity index (χ0n) is 17.8. The topological polar surface area (TPSA) is 137 Å². The van der Waals surface area contributed by atoms with Gasteiger partial charge in [-0.3, -0.25) is 19.7 Å². The van der Waals surface area contributed by atoms with Gasteiger partial charge in [0.25, 0.3) is 11.6 Å². The number of benzene rings is 2. The van der Waals surface area contributed by atoms with E-state index in [1.54, 1.807) is 35.2 Å². The molecule has 1 aliphatic rings. The first-order valence-corrected chi connectivity index (χ1v) is 9.97. The fraction of sp³-hybridized carbons (Fsp3) is 0.286. The number of nitrogens with zero attached hydrogens (tertiary/aromatic N) is 3. The molecule has 1 heterocycles. The maximum Gasteiger partial charge on any atom is 0.318 e. The summed E-state index contributed by atoms with van der Waals surface area (Å²) in [6.07, 6.45) is 0. The number of rotatable bonds is 5. The van der Waals surface area contributed by atoms with Gasteiger partial charge in [0.2, 0.25) is 5.91 Å². The molecule has 2 aromatic carbocycles. The quantitative estimate of drug-likeness (QED) is 0.482. The van der Waals surface area contributed by atoms with Crippen LogP contribution in [0.3, 0.4) is 0 Å². The maximum atomic E-state index is 12.6. The molecule has 0 aliphatic carbocycles. The van der Waals surface area contributed by atoms with E-state index in [0.29, 0.717) is 43.2 Å². The van der Waals surface area contributed by atoms with Crippen LogP contribution in [0.1, 0.15) is 17.3 Å². The summed E-state index contributed by atoms with van der Waals surface area (Å²) in [4.78, 5) is 50.2. The second-order valence-electron chi connectivity index (χ2n) is 7.19. The van der Waals surface area contributed by atoms with Gasteiger partial charge in [-0.1, -0.05) is 0 Å². The summed E-state index contributed by atoms with van der Waals surface area (Å²) in [6.45, 7) is 3.42. The number of nitro benzene ring substituents is 1. The van der Waals surface area contributed by atoms with E-state index >= 15 is 0 Å². The number of carbonyl (C=O) groups is 3. The van der Waals surface area contributed by atoms with Gasteiger partial charge in [0.15, 0.2) is 0 Å². The van der Waals surface area contributed by atoms with Gasteiger partial charge in [-0.05, 0) is 36.4 Å². The molecule has 0 atom stereocenters. The van der Waals surface area contributed by atoms with Gasteiger partial charge >= 0.3 is 6.03 Å². The minimum atomic E-state index is -0.511. The Kier molecular flexibility index (Phi) is 6.88. The van der Waals surface area contributed by atoms with Crippen LogP contribution in [0.25, 0.3) is 0 Å². The molecule has 11 heteroatoms. The van der Waals surface area contributed by atoms with Crippen LogP contribution in [0, 0.1) is 10.1 Å². The molecule has 4 amide bonds. The Morgan fingerprint density at radius 1 is 0.938 bits per heavy atom. The fourth-order valence-corrected chi connectivity index (χ4v) is 3.37. The number of urea groups is 1. The largest absolute Gasteiger partial charge is 0.362 e. The number of amides is 4. The number of carbonyl (C=O) groups excluding carboxylic acids is 3. The van der Waals surface area contributed by atoms with E-state index in [9.17, 15) is 24.5 Å². The van der Waals surface area contributed by atoms with E-state index in [1.807, 2.05) is 4.90 Å².